The number of thiazole rings is 1. The quantitative estimate of drug-likeness (QED) is 0.329. The molecule has 0 saturated carbocycles. The van der Waals surface area contributed by atoms with E-state index >= 15 is 0 Å². The molecule has 36 heavy (non-hydrogen) atoms. The van der Waals surface area contributed by atoms with Gasteiger partial charge in [0.05, 0.1) is 40.6 Å². The maximum absolute atomic E-state index is 14.2. The zero-order valence-electron chi connectivity index (χ0n) is 18.8. The van der Waals surface area contributed by atoms with Crippen molar-refractivity contribution in [2.45, 2.75) is 4.90 Å². The summed E-state index contributed by atoms with van der Waals surface area (Å²) >= 11 is 2.86. The smallest absolute Gasteiger partial charge is 0.243 e. The van der Waals surface area contributed by atoms with Gasteiger partial charge in [-0.3, -0.25) is 0 Å². The molecule has 0 N–H and O–H groups in total. The Bertz CT molecular complexity index is 1550. The van der Waals surface area contributed by atoms with Crippen LogP contribution in [0.25, 0.3) is 10.6 Å². The van der Waals surface area contributed by atoms with Crippen molar-refractivity contribution in [3.05, 3.63) is 87.4 Å². The van der Waals surface area contributed by atoms with Crippen LogP contribution in [0, 0.1) is 11.6 Å². The average molecular weight is 547 g/mol. The SMILES string of the molecule is O=S(=O)(c1ccc(N=c2scc(-c3cccs3)n2N=Cc2ccc(F)cc2F)cc1)N1CCOCC1. The highest BCUT2D eigenvalue weighted by atomic mass is 32.2. The average Bonchev–Trinajstić information content (AvgIpc) is 3.55. The molecule has 0 spiro atoms. The Morgan fingerprint density at radius 2 is 1.78 bits per heavy atom. The van der Waals surface area contributed by atoms with E-state index in [1.807, 2.05) is 22.9 Å². The van der Waals surface area contributed by atoms with Crippen molar-refractivity contribution < 1.29 is 21.9 Å². The summed E-state index contributed by atoms with van der Waals surface area (Å²) in [5.74, 6) is -1.38. The number of rotatable bonds is 6. The molecule has 1 fully saturated rings. The molecule has 7 nitrogen and oxygen atoms in total. The molecule has 5 rings (SSSR count). The summed E-state index contributed by atoms with van der Waals surface area (Å²) in [5, 5.41) is 8.26. The number of hydrogen-bond donors (Lipinski definition) is 0. The molecule has 3 heterocycles. The van der Waals surface area contributed by atoms with Crippen LogP contribution in [0.3, 0.4) is 0 Å². The van der Waals surface area contributed by atoms with E-state index < -0.39 is 21.7 Å². The summed E-state index contributed by atoms with van der Waals surface area (Å²) in [6.45, 7) is 1.39. The summed E-state index contributed by atoms with van der Waals surface area (Å²) in [6, 6.07) is 13.5. The van der Waals surface area contributed by atoms with Crippen molar-refractivity contribution in [2.75, 3.05) is 26.3 Å². The van der Waals surface area contributed by atoms with Crippen LogP contribution in [0.2, 0.25) is 0 Å². The highest BCUT2D eigenvalue weighted by Gasteiger charge is 2.26. The molecule has 0 radical (unpaired) electrons. The van der Waals surface area contributed by atoms with E-state index in [-0.39, 0.29) is 10.5 Å². The zero-order chi connectivity index (χ0) is 25.1. The third-order valence-corrected chi connectivity index (χ3v) is 9.02. The largest absolute Gasteiger partial charge is 0.379 e. The van der Waals surface area contributed by atoms with Crippen LogP contribution in [-0.2, 0) is 14.8 Å². The fourth-order valence-corrected chi connectivity index (χ4v) is 6.61. The van der Waals surface area contributed by atoms with Gasteiger partial charge in [-0.15, -0.1) is 22.7 Å². The fraction of sp³-hybridized carbons (Fsp3) is 0.167. The molecular weight excluding hydrogens is 526 g/mol. The first-order valence-electron chi connectivity index (χ1n) is 10.9. The van der Waals surface area contributed by atoms with Crippen molar-refractivity contribution in [1.29, 1.82) is 0 Å². The maximum atomic E-state index is 14.2. The van der Waals surface area contributed by atoms with E-state index in [9.17, 15) is 17.2 Å². The first-order chi connectivity index (χ1) is 17.4. The van der Waals surface area contributed by atoms with Crippen LogP contribution < -0.4 is 4.80 Å². The van der Waals surface area contributed by atoms with Crippen LogP contribution in [0.4, 0.5) is 14.5 Å². The summed E-state index contributed by atoms with van der Waals surface area (Å²) in [6.07, 6.45) is 1.32. The standard InChI is InChI=1S/C24H20F2N4O3S3/c25-18-4-3-17(21(26)14-18)15-27-30-22(23-2-1-13-34-23)16-35-24(30)28-19-5-7-20(8-6-19)36(31,32)29-9-11-33-12-10-29/h1-8,13-16H,9-12H2. The lowest BCUT2D eigenvalue weighted by atomic mass is 10.2. The van der Waals surface area contributed by atoms with Crippen molar-refractivity contribution >= 4 is 44.6 Å². The van der Waals surface area contributed by atoms with E-state index in [1.54, 1.807) is 16.8 Å². The number of benzene rings is 2. The predicted octanol–water partition coefficient (Wildman–Crippen LogP) is 4.69. The highest BCUT2D eigenvalue weighted by Crippen LogP contribution is 2.26. The molecule has 12 heteroatoms. The van der Waals surface area contributed by atoms with Gasteiger partial charge in [-0.25, -0.2) is 26.9 Å². The Hall–Kier alpha value is -3.03. The summed E-state index contributed by atoms with van der Waals surface area (Å²) in [5.41, 5.74) is 1.43. The lowest BCUT2D eigenvalue weighted by Crippen LogP contribution is -2.40. The molecule has 1 aliphatic heterocycles. The molecule has 1 aliphatic rings. The van der Waals surface area contributed by atoms with Crippen LogP contribution in [0.1, 0.15) is 5.56 Å². The minimum Gasteiger partial charge on any atom is -0.379 e. The second-order valence-electron chi connectivity index (χ2n) is 7.73. The number of halogens is 2. The van der Waals surface area contributed by atoms with Crippen molar-refractivity contribution in [3.63, 3.8) is 0 Å². The monoisotopic (exact) mass is 546 g/mol. The summed E-state index contributed by atoms with van der Waals surface area (Å²) < 4.78 is 61.4. The van der Waals surface area contributed by atoms with Gasteiger partial charge in [-0.05, 0) is 47.8 Å². The van der Waals surface area contributed by atoms with Crippen LogP contribution in [-0.4, -0.2) is 49.9 Å². The van der Waals surface area contributed by atoms with Gasteiger partial charge in [-0.1, -0.05) is 6.07 Å². The molecule has 4 aromatic rings. The minimum atomic E-state index is -3.61. The van der Waals surface area contributed by atoms with E-state index in [2.05, 4.69) is 10.1 Å². The van der Waals surface area contributed by atoms with E-state index in [4.69, 9.17) is 4.74 Å². The molecular formula is C24H20F2N4O3S3. The maximum Gasteiger partial charge on any atom is 0.243 e. The topological polar surface area (TPSA) is 76.3 Å². The molecule has 1 saturated heterocycles. The normalized spacial score (nSPS) is 15.7. The Labute approximate surface area is 214 Å². The Kier molecular flexibility index (Phi) is 7.21. The number of thiophene rings is 1. The van der Waals surface area contributed by atoms with Gasteiger partial charge in [0.25, 0.3) is 0 Å². The second-order valence-corrected chi connectivity index (χ2v) is 11.4. The van der Waals surface area contributed by atoms with E-state index in [0.717, 1.165) is 16.6 Å². The number of hydrogen-bond acceptors (Lipinski definition) is 7. The summed E-state index contributed by atoms with van der Waals surface area (Å²) in [4.78, 5) is 6.27. The molecule has 0 aliphatic carbocycles. The van der Waals surface area contributed by atoms with Crippen LogP contribution in [0.5, 0.6) is 0 Å². The third-order valence-electron chi connectivity index (χ3n) is 5.40. The molecule has 0 unspecified atom stereocenters. The van der Waals surface area contributed by atoms with Gasteiger partial charge in [0, 0.05) is 30.1 Å². The number of aromatic nitrogens is 1. The van der Waals surface area contributed by atoms with Crippen LogP contribution in [0.15, 0.2) is 80.3 Å². The zero-order valence-corrected chi connectivity index (χ0v) is 21.2. The third kappa shape index (κ3) is 5.22. The van der Waals surface area contributed by atoms with Crippen molar-refractivity contribution in [1.82, 2.24) is 8.98 Å². The number of morpholine rings is 1. The minimum absolute atomic E-state index is 0.135. The van der Waals surface area contributed by atoms with Gasteiger partial charge < -0.3 is 4.74 Å². The Morgan fingerprint density at radius 3 is 2.47 bits per heavy atom. The predicted molar refractivity (Wildman–Crippen MR) is 136 cm³/mol. The highest BCUT2D eigenvalue weighted by molar-refractivity contribution is 7.89. The molecule has 0 bridgehead atoms. The number of nitrogens with zero attached hydrogens (tertiary/aromatic N) is 4. The van der Waals surface area contributed by atoms with Gasteiger partial charge in [0.15, 0.2) is 0 Å². The summed E-state index contributed by atoms with van der Waals surface area (Å²) in [7, 11) is -3.61. The van der Waals surface area contributed by atoms with Gasteiger partial charge in [0.2, 0.25) is 14.8 Å². The Morgan fingerprint density at radius 1 is 1.00 bits per heavy atom. The molecule has 2 aromatic heterocycles. The molecule has 0 amide bonds. The lowest BCUT2D eigenvalue weighted by Gasteiger charge is -2.26. The molecule has 186 valence electrons. The van der Waals surface area contributed by atoms with Crippen molar-refractivity contribution in [2.24, 2.45) is 10.1 Å². The number of sulfonamides is 1. The van der Waals surface area contributed by atoms with Gasteiger partial charge in [0.1, 0.15) is 11.6 Å². The molecule has 0 atom stereocenters. The second kappa shape index (κ2) is 10.5. The van der Waals surface area contributed by atoms with Crippen molar-refractivity contribution in [3.8, 4) is 10.6 Å². The van der Waals surface area contributed by atoms with E-state index in [0.29, 0.717) is 36.8 Å². The Balaban J connectivity index is 1.50. The number of ether oxygens (including phenoxy) is 1. The lowest BCUT2D eigenvalue weighted by molar-refractivity contribution is 0.0730. The first-order valence-corrected chi connectivity index (χ1v) is 14.1. The first kappa shape index (κ1) is 24.7. The van der Waals surface area contributed by atoms with Gasteiger partial charge >= 0.3 is 0 Å². The fourth-order valence-electron chi connectivity index (χ4n) is 3.55. The van der Waals surface area contributed by atoms with E-state index in [1.165, 1.54) is 57.5 Å². The van der Waals surface area contributed by atoms with Gasteiger partial charge in [-0.2, -0.15) is 9.41 Å². The molecule has 2 aromatic carbocycles. The van der Waals surface area contributed by atoms with Crippen LogP contribution >= 0.6 is 22.7 Å².